The average Bonchev–Trinajstić information content (AvgIpc) is 2.22. The van der Waals surface area contributed by atoms with Crippen molar-refractivity contribution in [1.29, 1.82) is 0 Å². The zero-order valence-corrected chi connectivity index (χ0v) is 10.9. The minimum Gasteiger partial charge on any atom is -0.324 e. The van der Waals surface area contributed by atoms with E-state index in [1.165, 1.54) is 64.5 Å². The zero-order valence-electron chi connectivity index (χ0n) is 10.9. The lowest BCUT2D eigenvalue weighted by atomic mass is 9.81. The molecule has 0 bridgehead atoms. The first kappa shape index (κ1) is 12.4. The van der Waals surface area contributed by atoms with Gasteiger partial charge in [-0.2, -0.15) is 0 Å². The van der Waals surface area contributed by atoms with Gasteiger partial charge in [-0.25, -0.2) is 0 Å². The summed E-state index contributed by atoms with van der Waals surface area (Å²) in [6, 6.07) is 0. The molecule has 0 aliphatic heterocycles. The predicted molar refractivity (Wildman–Crippen MR) is 69.5 cm³/mol. The molecule has 2 fully saturated rings. The quantitative estimate of drug-likeness (QED) is 0.778. The van der Waals surface area contributed by atoms with Crippen LogP contribution in [0.2, 0.25) is 0 Å². The van der Waals surface area contributed by atoms with E-state index in [0.29, 0.717) is 0 Å². The summed E-state index contributed by atoms with van der Waals surface area (Å²) in [5.74, 6) is 0.979. The summed E-state index contributed by atoms with van der Waals surface area (Å²) in [4.78, 5) is 2.61. The van der Waals surface area contributed by atoms with Crippen LogP contribution in [0.3, 0.4) is 0 Å². The third-order valence-corrected chi connectivity index (χ3v) is 4.58. The van der Waals surface area contributed by atoms with E-state index in [1.54, 1.807) is 0 Å². The molecule has 0 heterocycles. The molecule has 2 saturated carbocycles. The van der Waals surface area contributed by atoms with Crippen LogP contribution in [0.25, 0.3) is 0 Å². The first-order valence-electron chi connectivity index (χ1n) is 7.23. The molecule has 2 heteroatoms. The molecule has 2 rings (SSSR count). The van der Waals surface area contributed by atoms with Crippen molar-refractivity contribution >= 4 is 0 Å². The van der Waals surface area contributed by atoms with Gasteiger partial charge in [-0.1, -0.05) is 32.6 Å². The smallest absolute Gasteiger partial charge is 0.0283 e. The second kappa shape index (κ2) is 5.50. The van der Waals surface area contributed by atoms with Crippen LogP contribution in [0.5, 0.6) is 0 Å². The Bertz CT molecular complexity index is 205. The van der Waals surface area contributed by atoms with Crippen LogP contribution in [0.4, 0.5) is 0 Å². The minimum absolute atomic E-state index is 0.137. The van der Waals surface area contributed by atoms with E-state index in [9.17, 15) is 0 Å². The molecule has 94 valence electrons. The average molecular weight is 224 g/mol. The van der Waals surface area contributed by atoms with Gasteiger partial charge < -0.3 is 10.6 Å². The fourth-order valence-corrected chi connectivity index (χ4v) is 3.21. The van der Waals surface area contributed by atoms with Crippen LogP contribution < -0.4 is 5.73 Å². The molecule has 0 aromatic rings. The Morgan fingerprint density at radius 3 is 2.31 bits per heavy atom. The third kappa shape index (κ3) is 3.21. The second-order valence-corrected chi connectivity index (χ2v) is 6.05. The Hall–Kier alpha value is -0.0800. The molecule has 2 aliphatic rings. The van der Waals surface area contributed by atoms with Gasteiger partial charge in [-0.05, 0) is 38.1 Å². The van der Waals surface area contributed by atoms with Gasteiger partial charge in [0.15, 0.2) is 0 Å². The molecule has 0 aromatic carbocycles. The second-order valence-electron chi connectivity index (χ2n) is 6.05. The molecule has 16 heavy (non-hydrogen) atoms. The molecule has 0 saturated heterocycles. The highest BCUT2D eigenvalue weighted by Gasteiger charge is 2.30. The minimum atomic E-state index is 0.137. The van der Waals surface area contributed by atoms with Crippen LogP contribution in [-0.2, 0) is 0 Å². The third-order valence-electron chi connectivity index (χ3n) is 4.58. The number of hydrogen-bond acceptors (Lipinski definition) is 2. The number of rotatable bonds is 5. The van der Waals surface area contributed by atoms with Crippen LogP contribution in [-0.4, -0.2) is 30.1 Å². The summed E-state index contributed by atoms with van der Waals surface area (Å²) >= 11 is 0. The van der Waals surface area contributed by atoms with Crippen molar-refractivity contribution in [2.45, 2.75) is 63.8 Å². The van der Waals surface area contributed by atoms with Crippen molar-refractivity contribution < 1.29 is 0 Å². The Morgan fingerprint density at radius 2 is 1.81 bits per heavy atom. The molecule has 0 aromatic heterocycles. The van der Waals surface area contributed by atoms with E-state index in [4.69, 9.17) is 5.73 Å². The van der Waals surface area contributed by atoms with Crippen LogP contribution in [0.15, 0.2) is 0 Å². The number of nitrogens with zero attached hydrogens (tertiary/aromatic N) is 1. The lowest BCUT2D eigenvalue weighted by Gasteiger charge is -2.40. The molecule has 2 aliphatic carbocycles. The van der Waals surface area contributed by atoms with E-state index in [1.807, 2.05) is 0 Å². The van der Waals surface area contributed by atoms with Crippen LogP contribution in [0, 0.1) is 5.92 Å². The van der Waals surface area contributed by atoms with E-state index in [2.05, 4.69) is 11.8 Å². The van der Waals surface area contributed by atoms with Gasteiger partial charge in [-0.15, -0.1) is 0 Å². The van der Waals surface area contributed by atoms with E-state index >= 15 is 0 Å². The SMILES string of the molecule is CCN(CC1CCC1)CC1(N)CCCCC1. The predicted octanol–water partition coefficient (Wildman–Crippen LogP) is 2.77. The summed E-state index contributed by atoms with van der Waals surface area (Å²) in [6.07, 6.45) is 10.9. The molecule has 0 atom stereocenters. The fourth-order valence-electron chi connectivity index (χ4n) is 3.21. The lowest BCUT2D eigenvalue weighted by Crippen LogP contribution is -2.52. The van der Waals surface area contributed by atoms with Crippen LogP contribution in [0.1, 0.15) is 58.3 Å². The van der Waals surface area contributed by atoms with Gasteiger partial charge in [-0.3, -0.25) is 0 Å². The van der Waals surface area contributed by atoms with E-state index < -0.39 is 0 Å². The van der Waals surface area contributed by atoms with Gasteiger partial charge in [0, 0.05) is 18.6 Å². The summed E-state index contributed by atoms with van der Waals surface area (Å²) < 4.78 is 0. The standard InChI is InChI=1S/C14H28N2/c1-2-16(11-13-7-6-8-13)12-14(15)9-4-3-5-10-14/h13H,2-12,15H2,1H3. The fraction of sp³-hybridized carbons (Fsp3) is 1.00. The highest BCUT2D eigenvalue weighted by molar-refractivity contribution is 4.90. The maximum absolute atomic E-state index is 6.53. The molecule has 2 nitrogen and oxygen atoms in total. The maximum atomic E-state index is 6.53. The van der Waals surface area contributed by atoms with Crippen molar-refractivity contribution in [3.63, 3.8) is 0 Å². The topological polar surface area (TPSA) is 29.3 Å². The molecular formula is C14H28N2. The number of nitrogens with two attached hydrogens (primary N) is 1. The Labute approximate surface area is 101 Å². The molecule has 0 amide bonds. The number of hydrogen-bond donors (Lipinski definition) is 1. The monoisotopic (exact) mass is 224 g/mol. The van der Waals surface area contributed by atoms with Gasteiger partial charge in [0.05, 0.1) is 0 Å². The molecule has 0 spiro atoms. The normalized spacial score (nSPS) is 25.7. The molecule has 0 unspecified atom stereocenters. The highest BCUT2D eigenvalue weighted by atomic mass is 15.1. The first-order chi connectivity index (χ1) is 7.72. The largest absolute Gasteiger partial charge is 0.324 e. The number of likely N-dealkylation sites (N-methyl/N-ethyl adjacent to an activating group) is 1. The summed E-state index contributed by atoms with van der Waals surface area (Å²) in [5.41, 5.74) is 6.67. The Kier molecular flexibility index (Phi) is 4.26. The summed E-state index contributed by atoms with van der Waals surface area (Å²) in [6.45, 7) is 5.90. The van der Waals surface area contributed by atoms with Crippen LogP contribution >= 0.6 is 0 Å². The van der Waals surface area contributed by atoms with E-state index in [-0.39, 0.29) is 5.54 Å². The van der Waals surface area contributed by atoms with Gasteiger partial charge in [0.2, 0.25) is 0 Å². The van der Waals surface area contributed by atoms with E-state index in [0.717, 1.165) is 12.5 Å². The Morgan fingerprint density at radius 1 is 1.12 bits per heavy atom. The van der Waals surface area contributed by atoms with Gasteiger partial charge >= 0.3 is 0 Å². The van der Waals surface area contributed by atoms with Crippen molar-refractivity contribution in [3.8, 4) is 0 Å². The summed E-state index contributed by atoms with van der Waals surface area (Å²) in [7, 11) is 0. The van der Waals surface area contributed by atoms with Crippen molar-refractivity contribution in [1.82, 2.24) is 4.90 Å². The van der Waals surface area contributed by atoms with Gasteiger partial charge in [0.25, 0.3) is 0 Å². The van der Waals surface area contributed by atoms with Gasteiger partial charge in [0.1, 0.15) is 0 Å². The zero-order chi connectivity index (χ0) is 11.4. The Balaban J connectivity index is 1.79. The molecular weight excluding hydrogens is 196 g/mol. The molecule has 2 N–H and O–H groups in total. The maximum Gasteiger partial charge on any atom is 0.0283 e. The lowest BCUT2D eigenvalue weighted by molar-refractivity contribution is 0.134. The summed E-state index contributed by atoms with van der Waals surface area (Å²) in [5, 5.41) is 0. The van der Waals surface area contributed by atoms with Crippen molar-refractivity contribution in [3.05, 3.63) is 0 Å². The first-order valence-corrected chi connectivity index (χ1v) is 7.23. The molecule has 0 radical (unpaired) electrons. The highest BCUT2D eigenvalue weighted by Crippen LogP contribution is 2.30. The van der Waals surface area contributed by atoms with Crippen molar-refractivity contribution in [2.24, 2.45) is 11.7 Å². The van der Waals surface area contributed by atoms with Crippen molar-refractivity contribution in [2.75, 3.05) is 19.6 Å².